The number of methoxy groups -OCH3 is 3. The number of ketones is 4. The van der Waals surface area contributed by atoms with E-state index in [1.54, 1.807) is 58.2 Å². The molecule has 5 aliphatic rings. The van der Waals surface area contributed by atoms with Crippen molar-refractivity contribution in [2.24, 2.45) is 35.5 Å². The van der Waals surface area contributed by atoms with Crippen molar-refractivity contribution in [1.29, 1.82) is 0 Å². The number of Topliss-reactive ketones (excluding diaryl/α,β-unsaturated/α-hetero) is 4. The second-order valence-corrected chi connectivity index (χ2v) is 36.9. The monoisotopic (exact) mass is 1870 g/mol. The Labute approximate surface area is 779 Å². The van der Waals surface area contributed by atoms with Gasteiger partial charge < -0.3 is 96.8 Å². The highest BCUT2D eigenvalue weighted by Gasteiger charge is 2.53. The van der Waals surface area contributed by atoms with E-state index in [4.69, 9.17) is 76.8 Å². The first-order valence-corrected chi connectivity index (χ1v) is 48.6. The van der Waals surface area contributed by atoms with Crippen molar-refractivity contribution < 1.29 is 132 Å². The van der Waals surface area contributed by atoms with Crippen molar-refractivity contribution in [3.8, 4) is 16.9 Å². The number of sulfone groups is 1. The summed E-state index contributed by atoms with van der Waals surface area (Å²) in [6, 6.07) is 10.5. The molecule has 132 heavy (non-hydrogen) atoms. The van der Waals surface area contributed by atoms with Crippen molar-refractivity contribution in [1.82, 2.24) is 14.8 Å². The van der Waals surface area contributed by atoms with Crippen LogP contribution in [-0.2, 0) is 116 Å². The molecular formula is C99H147FN4O27S. The van der Waals surface area contributed by atoms with E-state index in [1.807, 2.05) is 96.2 Å². The fourth-order valence-electron chi connectivity index (χ4n) is 16.9. The second kappa shape index (κ2) is 58.5. The van der Waals surface area contributed by atoms with Crippen LogP contribution in [0.2, 0.25) is 0 Å². The third-order valence-corrected chi connectivity index (χ3v) is 26.6. The lowest BCUT2D eigenvalue weighted by Gasteiger charge is -2.42. The van der Waals surface area contributed by atoms with E-state index >= 15 is 4.39 Å². The number of allylic oxidation sites excluding steroid dienone is 6. The summed E-state index contributed by atoms with van der Waals surface area (Å²) in [5.41, 5.74) is 9.44. The molecule has 8 rings (SSSR count). The van der Waals surface area contributed by atoms with Crippen LogP contribution in [-0.4, -0.2) is 287 Å². The second-order valence-electron chi connectivity index (χ2n) is 34.9. The number of nitrogens with two attached hydrogens (primary N) is 1. The summed E-state index contributed by atoms with van der Waals surface area (Å²) in [5, 5.41) is 23.6. The Morgan fingerprint density at radius 1 is 0.689 bits per heavy atom. The van der Waals surface area contributed by atoms with E-state index < -0.39 is 128 Å². The molecule has 1 aromatic heterocycles. The Hall–Kier alpha value is -7.97. The summed E-state index contributed by atoms with van der Waals surface area (Å²) >= 11 is 0. The van der Waals surface area contributed by atoms with Gasteiger partial charge in [0.25, 0.3) is 17.6 Å². The maximum absolute atomic E-state index is 15.6. The number of amides is 2. The zero-order chi connectivity index (χ0) is 96.3. The molecule has 3 aromatic rings. The van der Waals surface area contributed by atoms with Crippen molar-refractivity contribution in [2.75, 3.05) is 158 Å². The molecule has 0 radical (unpaired) electrons. The summed E-state index contributed by atoms with van der Waals surface area (Å²) in [5.74, 6) is -9.66. The Balaban J connectivity index is 0.000000405. The summed E-state index contributed by atoms with van der Waals surface area (Å²) in [7, 11) is 0.473. The van der Waals surface area contributed by atoms with Crippen LogP contribution >= 0.6 is 0 Å². The van der Waals surface area contributed by atoms with Gasteiger partial charge in [-0.1, -0.05) is 77.1 Å². The smallest absolute Gasteiger partial charge is 0.329 e. The highest BCUT2D eigenvalue weighted by Crippen LogP contribution is 2.40. The number of rotatable bonds is 41. The molecule has 31 nitrogen and oxygen atoms in total. The van der Waals surface area contributed by atoms with Gasteiger partial charge in [0.2, 0.25) is 5.79 Å². The zero-order valence-corrected chi connectivity index (χ0v) is 80.7. The van der Waals surface area contributed by atoms with Crippen molar-refractivity contribution in [2.45, 2.75) is 244 Å². The number of hydrogen-bond donors (Lipinski definition) is 3. The number of pyridine rings is 1. The molecule has 2 saturated heterocycles. The first kappa shape index (κ1) is 111. The van der Waals surface area contributed by atoms with Crippen molar-refractivity contribution in [3.05, 3.63) is 119 Å². The third-order valence-electron chi connectivity index (χ3n) is 24.8. The minimum absolute atomic E-state index is 0.00156. The van der Waals surface area contributed by atoms with E-state index in [-0.39, 0.29) is 118 Å². The van der Waals surface area contributed by atoms with Gasteiger partial charge in [0.1, 0.15) is 70.9 Å². The largest absolute Gasteiger partial charge is 0.491 e. The predicted octanol–water partition coefficient (Wildman–Crippen LogP) is 12.0. The molecule has 5 heterocycles. The predicted molar refractivity (Wildman–Crippen MR) is 493 cm³/mol. The van der Waals surface area contributed by atoms with Gasteiger partial charge in [-0.3, -0.25) is 33.6 Å². The number of piperidine rings is 1. The Morgan fingerprint density at radius 2 is 1.34 bits per heavy atom. The Kier molecular flexibility index (Phi) is 49.2. The zero-order valence-electron chi connectivity index (χ0n) is 79.8. The minimum atomic E-state index is -4.05. The van der Waals surface area contributed by atoms with Crippen LogP contribution in [0.15, 0.2) is 101 Å². The molecule has 1 aliphatic carbocycles. The number of hydrogen-bond acceptors (Lipinski definition) is 29. The quantitative estimate of drug-likeness (QED) is 0.0205. The fraction of sp³-hybridized carbons (Fsp3) is 0.667. The minimum Gasteiger partial charge on any atom is -0.491 e. The molecule has 4 aliphatic heterocycles. The maximum atomic E-state index is 15.6. The number of carbonyl (C=O) groups excluding carboxylic acids is 8. The van der Waals surface area contributed by atoms with Gasteiger partial charge in [-0.15, -0.1) is 0 Å². The van der Waals surface area contributed by atoms with E-state index in [2.05, 4.69) is 4.98 Å². The first-order chi connectivity index (χ1) is 63.3. The van der Waals surface area contributed by atoms with Gasteiger partial charge in [-0.2, -0.15) is 0 Å². The Bertz CT molecular complexity index is 4350. The SMILES string of the molecule is CCOCCOCCOCCOCCC(=O)CCCS(=O)(=O)c1ccc(C(=O)N2CCOc3ccc(-c4ccc(N)nc4)cc3C2)c(C)c1F.CCOCCOCCOCCOCCCC(=O)O[C@@H]1CC[C@@H](C[C@@H](C)[C@@H]2CC(=O)[C@H](C)/C=C(\C)[C@@H](O)[C@@H](OC)C(=O)[C@H](C)C[C@H](C)/C=C/C=C/C=C(\C)[C@@H](OC)C[C@@H]3CC[C@@H](C)[C@@](O)(O3)C(=O)C(=O)N3CCCC[C@H]3C(=O)O2)C[C@H]1OC. The number of carbonyl (C=O) groups is 8. The number of aromatic nitrogens is 1. The highest BCUT2D eigenvalue weighted by atomic mass is 32.2. The number of aliphatic hydroxyl groups excluding tert-OH is 1. The molecule has 0 spiro atoms. The number of nitrogens with zero attached hydrogens (tertiary/aromatic N) is 3. The van der Waals surface area contributed by atoms with Crippen LogP contribution in [0.1, 0.15) is 193 Å². The lowest BCUT2D eigenvalue weighted by atomic mass is 9.78. The van der Waals surface area contributed by atoms with Crippen molar-refractivity contribution >= 4 is 62.5 Å². The van der Waals surface area contributed by atoms with E-state index in [9.17, 15) is 57.0 Å². The molecule has 3 fully saturated rings. The van der Waals surface area contributed by atoms with Gasteiger partial charge in [0.05, 0.1) is 116 Å². The number of nitrogen functional groups attached to an aromatic ring is 1. The molecule has 2 amide bonds. The third kappa shape index (κ3) is 35.6. The van der Waals surface area contributed by atoms with Gasteiger partial charge in [-0.05, 0) is 188 Å². The summed E-state index contributed by atoms with van der Waals surface area (Å²) in [6.07, 6.45) is 13.2. The van der Waals surface area contributed by atoms with Gasteiger partial charge >= 0.3 is 11.9 Å². The van der Waals surface area contributed by atoms with Crippen LogP contribution in [0.4, 0.5) is 10.2 Å². The molecular weight excluding hydrogens is 1730 g/mol. The fourth-order valence-corrected chi connectivity index (χ4v) is 18.3. The molecule has 4 N–H and O–H groups in total. The van der Waals surface area contributed by atoms with E-state index in [0.717, 1.165) is 28.3 Å². The number of halogens is 1. The lowest BCUT2D eigenvalue weighted by molar-refractivity contribution is -0.265. The molecule has 738 valence electrons. The summed E-state index contributed by atoms with van der Waals surface area (Å²) in [4.78, 5) is 117. The number of ether oxygens (including phenoxy) is 15. The lowest BCUT2D eigenvalue weighted by Crippen LogP contribution is -2.61. The van der Waals surface area contributed by atoms with Gasteiger partial charge in [0.15, 0.2) is 15.6 Å². The normalized spacial score (nSPS) is 26.3. The molecule has 2 bridgehead atoms. The topological polar surface area (TPSA) is 395 Å². The Morgan fingerprint density at radius 3 is 1.98 bits per heavy atom. The van der Waals surface area contributed by atoms with Crippen molar-refractivity contribution in [3.63, 3.8) is 0 Å². The molecule has 15 atom stereocenters. The first-order valence-electron chi connectivity index (χ1n) is 46.9. The number of anilines is 1. The van der Waals surface area contributed by atoms with Crippen LogP contribution in [0.5, 0.6) is 5.75 Å². The number of cyclic esters (lactones) is 1. The molecule has 0 unspecified atom stereocenters. The number of aliphatic hydroxyl groups is 2. The highest BCUT2D eigenvalue weighted by molar-refractivity contribution is 7.91. The number of benzene rings is 2. The number of fused-ring (bicyclic) bond motifs is 4. The number of esters is 2. The molecule has 33 heteroatoms. The molecule has 1 saturated carbocycles. The van der Waals surface area contributed by atoms with E-state index in [1.165, 1.54) is 25.0 Å². The summed E-state index contributed by atoms with van der Waals surface area (Å²) < 4.78 is 127. The van der Waals surface area contributed by atoms with Gasteiger partial charge in [0, 0.05) is 127 Å². The van der Waals surface area contributed by atoms with Crippen LogP contribution < -0.4 is 10.5 Å². The maximum Gasteiger partial charge on any atom is 0.329 e. The van der Waals surface area contributed by atoms with E-state index in [0.29, 0.717) is 187 Å². The average Bonchev–Trinajstić information content (AvgIpc) is 0.821. The van der Waals surface area contributed by atoms with Crippen LogP contribution in [0.25, 0.3) is 11.1 Å². The average molecular weight is 1880 g/mol. The summed E-state index contributed by atoms with van der Waals surface area (Å²) in [6.45, 7) is 25.9. The standard InChI is InChI=1S/C63H101NO18.C36H46FN3O9S/c1-12-76-29-30-78-33-34-79-32-31-77-28-18-22-56(66)80-52-26-24-48(38-55(52)74-10)37-44(5)54-40-51(65)43(4)36-46(7)58(68)59(75-11)57(67)45(6)35-41(2)19-14-13-15-20-42(3)53(73-9)39-49-25-23-47(8)63(72,82-49)60(69)61(70)64-27-17-16-21-50(64)62(71)81-54;1-3-45-16-17-47-20-21-48-19-18-46-14-12-30(41)5-4-22-50(43,44)33-10-8-31(26(2)35(33)37)36(42)40-13-15-49-32-9-6-27(23-29(32)25-40)28-7-11-34(38)39-24-28/h13-15,19-20,36,41,43-45,47-50,52-55,58-59,68,72H,12,16-18,21-35,37-40H2,1-11H3;6-11,23-24H,3-5,12-22,25H2,1-2H3,(H2,38,39)/b15-13+,19-14+,42-20+,46-36+;/t41-,43-,44-,45-,47-,48+,49+,50+,52-,53+,54+,55-,58-,59+,63-;/m1./s1. The van der Waals surface area contributed by atoms with Gasteiger partial charge in [-0.25, -0.2) is 22.6 Å². The molecule has 2 aromatic carbocycles. The van der Waals surface area contributed by atoms with Crippen LogP contribution in [0, 0.1) is 48.2 Å². The van der Waals surface area contributed by atoms with Crippen LogP contribution in [0.3, 0.4) is 0 Å².